The van der Waals surface area contributed by atoms with Crippen molar-refractivity contribution in [2.24, 2.45) is 0 Å². The molecule has 0 saturated carbocycles. The summed E-state index contributed by atoms with van der Waals surface area (Å²) in [7, 11) is 0. The minimum absolute atomic E-state index is 0.169. The van der Waals surface area contributed by atoms with Gasteiger partial charge in [-0.05, 0) is 6.26 Å². The van der Waals surface area contributed by atoms with E-state index in [-0.39, 0.29) is 6.29 Å². The summed E-state index contributed by atoms with van der Waals surface area (Å²) in [5.74, 6) is 0.662. The summed E-state index contributed by atoms with van der Waals surface area (Å²) in [4.78, 5) is 4.42. The molecule has 0 unspecified atom stereocenters. The predicted molar refractivity (Wildman–Crippen MR) is 78.3 cm³/mol. The van der Waals surface area contributed by atoms with Gasteiger partial charge in [0.05, 0.1) is 19.4 Å². The molecule has 8 heteroatoms. The van der Waals surface area contributed by atoms with Crippen molar-refractivity contribution in [2.75, 3.05) is 31.3 Å². The summed E-state index contributed by atoms with van der Waals surface area (Å²) in [5, 5.41) is 17.6. The second-order valence-electron chi connectivity index (χ2n) is 4.44. The van der Waals surface area contributed by atoms with Crippen molar-refractivity contribution in [1.29, 1.82) is 5.26 Å². The van der Waals surface area contributed by atoms with Crippen LogP contribution in [0.25, 0.3) is 5.65 Å². The summed E-state index contributed by atoms with van der Waals surface area (Å²) in [6.07, 6.45) is 4.12. The lowest BCUT2D eigenvalue weighted by molar-refractivity contribution is -0.0439. The molecule has 0 aliphatic carbocycles. The van der Waals surface area contributed by atoms with Crippen molar-refractivity contribution in [2.45, 2.75) is 17.7 Å². The third kappa shape index (κ3) is 2.81. The molecule has 1 aliphatic rings. The summed E-state index contributed by atoms with van der Waals surface area (Å²) < 4.78 is 12.4. The van der Waals surface area contributed by atoms with Crippen LogP contribution in [0.4, 0.5) is 5.82 Å². The molecule has 1 saturated heterocycles. The highest BCUT2D eigenvalue weighted by Gasteiger charge is 2.18. The van der Waals surface area contributed by atoms with Crippen molar-refractivity contribution in [3.8, 4) is 6.07 Å². The largest absolute Gasteiger partial charge is 0.369 e. The first-order valence-corrected chi connectivity index (χ1v) is 7.85. The molecule has 2 aromatic rings. The van der Waals surface area contributed by atoms with Gasteiger partial charge in [-0.2, -0.15) is 14.9 Å². The highest BCUT2D eigenvalue weighted by molar-refractivity contribution is 7.98. The van der Waals surface area contributed by atoms with Crippen LogP contribution >= 0.6 is 11.8 Å². The van der Waals surface area contributed by atoms with E-state index in [2.05, 4.69) is 21.5 Å². The lowest BCUT2D eigenvalue weighted by Gasteiger charge is -2.14. The van der Waals surface area contributed by atoms with E-state index in [1.807, 2.05) is 12.3 Å². The van der Waals surface area contributed by atoms with Crippen molar-refractivity contribution >= 4 is 23.2 Å². The van der Waals surface area contributed by atoms with Crippen LogP contribution in [0.3, 0.4) is 0 Å². The fourth-order valence-corrected chi connectivity index (χ4v) is 2.75. The van der Waals surface area contributed by atoms with Crippen molar-refractivity contribution in [3.05, 3.63) is 17.8 Å². The normalized spacial score (nSPS) is 15.4. The molecule has 110 valence electrons. The second-order valence-corrected chi connectivity index (χ2v) is 5.24. The van der Waals surface area contributed by atoms with Gasteiger partial charge in [0.15, 0.2) is 17.8 Å². The molecular weight excluding hydrogens is 290 g/mol. The Hall–Kier alpha value is -1.82. The zero-order chi connectivity index (χ0) is 14.7. The number of aromatic nitrogens is 3. The number of ether oxygens (including phenoxy) is 2. The van der Waals surface area contributed by atoms with E-state index in [1.165, 1.54) is 11.8 Å². The smallest absolute Gasteiger partial charge is 0.159 e. The molecule has 0 aromatic carbocycles. The van der Waals surface area contributed by atoms with Gasteiger partial charge in [0, 0.05) is 19.0 Å². The maximum Gasteiger partial charge on any atom is 0.159 e. The molecule has 2 aromatic heterocycles. The van der Waals surface area contributed by atoms with Crippen LogP contribution in [-0.2, 0) is 9.47 Å². The van der Waals surface area contributed by atoms with E-state index in [0.29, 0.717) is 48.2 Å². The summed E-state index contributed by atoms with van der Waals surface area (Å²) >= 11 is 1.45. The van der Waals surface area contributed by atoms with Crippen LogP contribution < -0.4 is 5.32 Å². The average molecular weight is 305 g/mol. The maximum atomic E-state index is 9.40. The standard InChI is InChI=1S/C13H15N5O2S/c1-21-13-9(8-14)12(18-10(17-13)2-5-16-18)15-4-3-11-19-6-7-20-11/h2,5,11,15H,3-4,6-7H2,1H3. The summed E-state index contributed by atoms with van der Waals surface area (Å²) in [6.45, 7) is 1.92. The molecule has 0 spiro atoms. The summed E-state index contributed by atoms with van der Waals surface area (Å²) in [6, 6.07) is 4.02. The Morgan fingerprint density at radius 2 is 2.33 bits per heavy atom. The minimum atomic E-state index is -0.169. The molecule has 1 N–H and O–H groups in total. The van der Waals surface area contributed by atoms with Gasteiger partial charge >= 0.3 is 0 Å². The van der Waals surface area contributed by atoms with E-state index in [4.69, 9.17) is 9.47 Å². The molecular formula is C13H15N5O2S. The number of fused-ring (bicyclic) bond motifs is 1. The molecule has 3 heterocycles. The first-order valence-electron chi connectivity index (χ1n) is 6.62. The quantitative estimate of drug-likeness (QED) is 0.662. The van der Waals surface area contributed by atoms with E-state index < -0.39 is 0 Å². The van der Waals surface area contributed by atoms with Crippen molar-refractivity contribution in [1.82, 2.24) is 14.6 Å². The number of nitrogens with zero attached hydrogens (tertiary/aromatic N) is 4. The first kappa shape index (κ1) is 14.1. The average Bonchev–Trinajstić information content (AvgIpc) is 3.17. The number of nitrogens with one attached hydrogen (secondary N) is 1. The van der Waals surface area contributed by atoms with Gasteiger partial charge in [0.25, 0.3) is 0 Å². The molecule has 7 nitrogen and oxygen atoms in total. The van der Waals surface area contributed by atoms with Gasteiger partial charge in [0.2, 0.25) is 0 Å². The van der Waals surface area contributed by atoms with Crippen LogP contribution in [0.2, 0.25) is 0 Å². The van der Waals surface area contributed by atoms with Gasteiger partial charge in [-0.15, -0.1) is 11.8 Å². The first-order chi connectivity index (χ1) is 10.3. The Kier molecular flexibility index (Phi) is 4.24. The number of hydrogen-bond acceptors (Lipinski definition) is 7. The Balaban J connectivity index is 1.84. The molecule has 0 radical (unpaired) electrons. The molecule has 1 fully saturated rings. The van der Waals surface area contributed by atoms with Crippen LogP contribution in [0.5, 0.6) is 0 Å². The van der Waals surface area contributed by atoms with Gasteiger partial charge in [0.1, 0.15) is 16.7 Å². The highest BCUT2D eigenvalue weighted by atomic mass is 32.2. The molecule has 0 atom stereocenters. The van der Waals surface area contributed by atoms with Gasteiger partial charge in [-0.3, -0.25) is 0 Å². The fraction of sp³-hybridized carbons (Fsp3) is 0.462. The van der Waals surface area contributed by atoms with Gasteiger partial charge in [-0.1, -0.05) is 0 Å². The van der Waals surface area contributed by atoms with Gasteiger partial charge in [-0.25, -0.2) is 4.98 Å². The third-order valence-corrected chi connectivity index (χ3v) is 3.85. The van der Waals surface area contributed by atoms with Gasteiger partial charge < -0.3 is 14.8 Å². The SMILES string of the molecule is CSc1nc2ccnn2c(NCCC2OCCO2)c1C#N. The molecule has 21 heavy (non-hydrogen) atoms. The third-order valence-electron chi connectivity index (χ3n) is 3.17. The van der Waals surface area contributed by atoms with E-state index in [0.717, 1.165) is 0 Å². The topological polar surface area (TPSA) is 84.5 Å². The van der Waals surface area contributed by atoms with Crippen molar-refractivity contribution < 1.29 is 9.47 Å². The molecule has 1 aliphatic heterocycles. The zero-order valence-electron chi connectivity index (χ0n) is 11.6. The number of rotatable bonds is 5. The zero-order valence-corrected chi connectivity index (χ0v) is 12.4. The van der Waals surface area contributed by atoms with Crippen LogP contribution in [0.15, 0.2) is 17.3 Å². The molecule has 0 amide bonds. The number of nitriles is 1. The lowest BCUT2D eigenvalue weighted by atomic mass is 10.3. The Bertz CT molecular complexity index is 675. The summed E-state index contributed by atoms with van der Waals surface area (Å²) in [5.41, 5.74) is 1.22. The lowest BCUT2D eigenvalue weighted by Crippen LogP contribution is -2.17. The van der Waals surface area contributed by atoms with Crippen LogP contribution in [-0.4, -0.2) is 46.9 Å². The van der Waals surface area contributed by atoms with Crippen LogP contribution in [0, 0.1) is 11.3 Å². The predicted octanol–water partition coefficient (Wildman–Crippen LogP) is 1.50. The number of hydrogen-bond donors (Lipinski definition) is 1. The fourth-order valence-electron chi connectivity index (χ4n) is 2.21. The van der Waals surface area contributed by atoms with E-state index in [9.17, 15) is 5.26 Å². The molecule has 3 rings (SSSR count). The minimum Gasteiger partial charge on any atom is -0.369 e. The number of thioether (sulfide) groups is 1. The van der Waals surface area contributed by atoms with E-state index in [1.54, 1.807) is 10.7 Å². The highest BCUT2D eigenvalue weighted by Crippen LogP contribution is 2.25. The Morgan fingerprint density at radius 1 is 1.52 bits per heavy atom. The Labute approximate surface area is 126 Å². The van der Waals surface area contributed by atoms with E-state index >= 15 is 0 Å². The molecule has 0 bridgehead atoms. The monoisotopic (exact) mass is 305 g/mol. The Morgan fingerprint density at radius 3 is 3.05 bits per heavy atom. The number of anilines is 1. The van der Waals surface area contributed by atoms with Crippen molar-refractivity contribution in [3.63, 3.8) is 0 Å². The second kappa shape index (κ2) is 6.30. The van der Waals surface area contributed by atoms with Crippen LogP contribution in [0.1, 0.15) is 12.0 Å². The maximum absolute atomic E-state index is 9.40.